The molecule has 2 aromatic rings. The maximum atomic E-state index is 13.2. The smallest absolute Gasteiger partial charge is 0.254 e. The molecule has 0 saturated heterocycles. The molecule has 0 aliphatic heterocycles. The van der Waals surface area contributed by atoms with E-state index in [0.29, 0.717) is 10.2 Å². The van der Waals surface area contributed by atoms with Crippen molar-refractivity contribution in [2.24, 2.45) is 0 Å². The molecule has 0 heterocycles. The summed E-state index contributed by atoms with van der Waals surface area (Å²) in [4.78, 5) is 25.2. The molecule has 120 valence electrons. The van der Waals surface area contributed by atoms with Crippen LogP contribution >= 0.6 is 15.9 Å². The van der Waals surface area contributed by atoms with Crippen molar-refractivity contribution in [2.45, 2.75) is 0 Å². The number of likely N-dealkylation sites (N-methyl/N-ethyl adjacent to an activating group) is 1. The first-order chi connectivity index (χ1) is 10.9. The zero-order valence-electron chi connectivity index (χ0n) is 12.1. The van der Waals surface area contributed by atoms with E-state index in [0.717, 1.165) is 17.0 Å². The van der Waals surface area contributed by atoms with Crippen molar-refractivity contribution in [1.82, 2.24) is 4.90 Å². The number of para-hydroxylation sites is 1. The van der Waals surface area contributed by atoms with E-state index in [2.05, 4.69) is 21.2 Å². The van der Waals surface area contributed by atoms with Crippen LogP contribution in [0.5, 0.6) is 0 Å². The van der Waals surface area contributed by atoms with E-state index in [1.807, 2.05) is 0 Å². The van der Waals surface area contributed by atoms with Crippen molar-refractivity contribution in [1.29, 1.82) is 0 Å². The summed E-state index contributed by atoms with van der Waals surface area (Å²) in [5, 5.41) is 2.65. The van der Waals surface area contributed by atoms with Gasteiger partial charge in [0.05, 0.1) is 12.2 Å². The number of carbonyl (C=O) groups excluding carboxylic acids is 2. The highest BCUT2D eigenvalue weighted by atomic mass is 79.9. The first-order valence-electron chi connectivity index (χ1n) is 6.63. The Balaban J connectivity index is 2.01. The Bertz CT molecular complexity index is 753. The molecule has 0 fully saturated rings. The molecule has 0 aromatic heterocycles. The Morgan fingerprint density at radius 3 is 2.48 bits per heavy atom. The Morgan fingerprint density at radius 2 is 1.83 bits per heavy atom. The van der Waals surface area contributed by atoms with Gasteiger partial charge in [0.25, 0.3) is 5.91 Å². The number of anilines is 1. The molecule has 0 aliphatic rings. The van der Waals surface area contributed by atoms with E-state index in [4.69, 9.17) is 0 Å². The topological polar surface area (TPSA) is 49.4 Å². The lowest BCUT2D eigenvalue weighted by atomic mass is 10.2. The van der Waals surface area contributed by atoms with Crippen LogP contribution in [0.15, 0.2) is 46.9 Å². The van der Waals surface area contributed by atoms with Crippen molar-refractivity contribution in [3.05, 3.63) is 64.1 Å². The van der Waals surface area contributed by atoms with Crippen LogP contribution in [-0.2, 0) is 4.79 Å². The second kappa shape index (κ2) is 7.32. The standard InChI is InChI=1S/C16H13BrF2N2O2/c1-21(16(23)10-6-7-12(18)13(19)8-10)9-15(22)20-14-5-3-2-4-11(14)17/h2-8H,9H2,1H3,(H,20,22). The number of carbonyl (C=O) groups is 2. The van der Waals surface area contributed by atoms with Crippen LogP contribution in [0.3, 0.4) is 0 Å². The number of halogens is 3. The highest BCUT2D eigenvalue weighted by Gasteiger charge is 2.17. The number of rotatable bonds is 4. The van der Waals surface area contributed by atoms with Gasteiger partial charge in [-0.25, -0.2) is 8.78 Å². The fourth-order valence-electron chi connectivity index (χ4n) is 1.89. The maximum absolute atomic E-state index is 13.2. The summed E-state index contributed by atoms with van der Waals surface area (Å²) < 4.78 is 26.8. The predicted molar refractivity (Wildman–Crippen MR) is 86.1 cm³/mol. The van der Waals surface area contributed by atoms with E-state index in [-0.39, 0.29) is 12.1 Å². The minimum Gasteiger partial charge on any atom is -0.332 e. The highest BCUT2D eigenvalue weighted by molar-refractivity contribution is 9.10. The summed E-state index contributed by atoms with van der Waals surface area (Å²) >= 11 is 3.30. The average molecular weight is 383 g/mol. The Labute approximate surface area is 140 Å². The predicted octanol–water partition coefficient (Wildman–Crippen LogP) is 3.44. The monoisotopic (exact) mass is 382 g/mol. The molecule has 4 nitrogen and oxygen atoms in total. The van der Waals surface area contributed by atoms with Gasteiger partial charge in [0, 0.05) is 17.1 Å². The fourth-order valence-corrected chi connectivity index (χ4v) is 2.27. The van der Waals surface area contributed by atoms with Gasteiger partial charge < -0.3 is 10.2 Å². The lowest BCUT2D eigenvalue weighted by Gasteiger charge is -2.17. The molecular formula is C16H13BrF2N2O2. The third-order valence-electron chi connectivity index (χ3n) is 3.04. The average Bonchev–Trinajstić information content (AvgIpc) is 2.51. The minimum absolute atomic E-state index is 0.0277. The molecule has 0 aliphatic carbocycles. The molecule has 0 unspecified atom stereocenters. The first-order valence-corrected chi connectivity index (χ1v) is 7.42. The number of benzene rings is 2. The SMILES string of the molecule is CN(CC(=O)Nc1ccccc1Br)C(=O)c1ccc(F)c(F)c1. The van der Waals surface area contributed by atoms with E-state index < -0.39 is 23.4 Å². The number of nitrogens with one attached hydrogen (secondary N) is 1. The van der Waals surface area contributed by atoms with Gasteiger partial charge in [-0.2, -0.15) is 0 Å². The van der Waals surface area contributed by atoms with Gasteiger partial charge in [0.2, 0.25) is 5.91 Å². The molecule has 0 atom stereocenters. The van der Waals surface area contributed by atoms with Crippen LogP contribution in [0.2, 0.25) is 0 Å². The zero-order chi connectivity index (χ0) is 17.0. The number of amides is 2. The number of hydrogen-bond acceptors (Lipinski definition) is 2. The Kier molecular flexibility index (Phi) is 5.44. The van der Waals surface area contributed by atoms with E-state index in [9.17, 15) is 18.4 Å². The fraction of sp³-hybridized carbons (Fsp3) is 0.125. The van der Waals surface area contributed by atoms with E-state index in [1.54, 1.807) is 24.3 Å². The maximum Gasteiger partial charge on any atom is 0.254 e. The quantitative estimate of drug-likeness (QED) is 0.880. The molecule has 2 aromatic carbocycles. The van der Waals surface area contributed by atoms with Gasteiger partial charge in [0.15, 0.2) is 11.6 Å². The highest BCUT2D eigenvalue weighted by Crippen LogP contribution is 2.21. The molecule has 0 saturated carbocycles. The van der Waals surface area contributed by atoms with Gasteiger partial charge >= 0.3 is 0 Å². The summed E-state index contributed by atoms with van der Waals surface area (Å²) in [6, 6.07) is 9.89. The largest absolute Gasteiger partial charge is 0.332 e. The third-order valence-corrected chi connectivity index (χ3v) is 3.73. The van der Waals surface area contributed by atoms with Crippen LogP contribution < -0.4 is 5.32 Å². The number of nitrogens with zero attached hydrogens (tertiary/aromatic N) is 1. The van der Waals surface area contributed by atoms with Crippen molar-refractivity contribution in [2.75, 3.05) is 18.9 Å². The van der Waals surface area contributed by atoms with Gasteiger partial charge in [-0.3, -0.25) is 9.59 Å². The second-order valence-corrected chi connectivity index (χ2v) is 5.67. The van der Waals surface area contributed by atoms with Crippen molar-refractivity contribution in [3.63, 3.8) is 0 Å². The molecular weight excluding hydrogens is 370 g/mol. The normalized spacial score (nSPS) is 10.3. The Morgan fingerprint density at radius 1 is 1.13 bits per heavy atom. The lowest BCUT2D eigenvalue weighted by molar-refractivity contribution is -0.116. The van der Waals surface area contributed by atoms with E-state index >= 15 is 0 Å². The summed E-state index contributed by atoms with van der Waals surface area (Å²) in [5.74, 6) is -3.13. The summed E-state index contributed by atoms with van der Waals surface area (Å²) in [6.07, 6.45) is 0. The van der Waals surface area contributed by atoms with Crippen molar-refractivity contribution in [3.8, 4) is 0 Å². The summed E-state index contributed by atoms with van der Waals surface area (Å²) in [6.45, 7) is -0.223. The molecule has 2 rings (SSSR count). The third kappa shape index (κ3) is 4.35. The van der Waals surface area contributed by atoms with Crippen LogP contribution in [0.4, 0.5) is 14.5 Å². The summed E-state index contributed by atoms with van der Waals surface area (Å²) in [7, 11) is 1.41. The van der Waals surface area contributed by atoms with Crippen molar-refractivity contribution >= 4 is 33.4 Å². The molecule has 7 heteroatoms. The first kappa shape index (κ1) is 17.1. The van der Waals surface area contributed by atoms with Crippen LogP contribution in [0.25, 0.3) is 0 Å². The molecule has 2 amide bonds. The molecule has 0 radical (unpaired) electrons. The summed E-state index contributed by atoms with van der Waals surface area (Å²) in [5.41, 5.74) is 0.547. The molecule has 0 spiro atoms. The van der Waals surface area contributed by atoms with E-state index in [1.165, 1.54) is 13.1 Å². The van der Waals surface area contributed by atoms with Gasteiger partial charge in [-0.1, -0.05) is 12.1 Å². The van der Waals surface area contributed by atoms with Crippen LogP contribution in [-0.4, -0.2) is 30.3 Å². The van der Waals surface area contributed by atoms with Crippen molar-refractivity contribution < 1.29 is 18.4 Å². The van der Waals surface area contributed by atoms with Crippen LogP contribution in [0, 0.1) is 11.6 Å². The van der Waals surface area contributed by atoms with Gasteiger partial charge in [-0.15, -0.1) is 0 Å². The number of hydrogen-bond donors (Lipinski definition) is 1. The van der Waals surface area contributed by atoms with Gasteiger partial charge in [-0.05, 0) is 46.3 Å². The lowest BCUT2D eigenvalue weighted by Crippen LogP contribution is -2.35. The minimum atomic E-state index is -1.11. The Hall–Kier alpha value is -2.28. The molecule has 1 N–H and O–H groups in total. The van der Waals surface area contributed by atoms with Crippen LogP contribution in [0.1, 0.15) is 10.4 Å². The second-order valence-electron chi connectivity index (χ2n) is 4.82. The van der Waals surface area contributed by atoms with Gasteiger partial charge in [0.1, 0.15) is 0 Å². The zero-order valence-corrected chi connectivity index (χ0v) is 13.7. The molecule has 0 bridgehead atoms. The molecule has 23 heavy (non-hydrogen) atoms.